The van der Waals surface area contributed by atoms with Gasteiger partial charge in [0.1, 0.15) is 28.0 Å². The van der Waals surface area contributed by atoms with Crippen molar-refractivity contribution in [2.45, 2.75) is 46.8 Å². The van der Waals surface area contributed by atoms with Crippen molar-refractivity contribution < 1.29 is 9.84 Å². The Hall–Kier alpha value is -3.12. The minimum Gasteiger partial charge on any atom is -0.510 e. The smallest absolute Gasteiger partial charge is 0.135 e. The molecule has 0 atom stereocenters. The highest BCUT2D eigenvalue weighted by molar-refractivity contribution is 7.13. The minimum atomic E-state index is -0.244. The minimum absolute atomic E-state index is 0.201. The molecule has 166 valence electrons. The summed E-state index contributed by atoms with van der Waals surface area (Å²) >= 11 is 1.52. The molecule has 0 saturated heterocycles. The normalized spacial score (nSPS) is 14.4. The third-order valence-corrected chi connectivity index (χ3v) is 6.23. The number of hydrogen-bond acceptors (Lipinski definition) is 5. The second-order valence-electron chi connectivity index (χ2n) is 9.17. The van der Waals surface area contributed by atoms with Crippen LogP contribution in [0.5, 0.6) is 5.75 Å². The standard InChI is InChI=1S/C26H29N3O2S/c1-16-6-10-19(11-7-16)23-17(2)32-25(28-23)22-21(30)15-29(24(22)27)14-18-8-12-20(13-9-18)31-26(3,4)5/h6-13,27,30H,14-15H2,1-5H3. The molecule has 6 heteroatoms. The zero-order valence-electron chi connectivity index (χ0n) is 19.2. The Balaban J connectivity index is 1.51. The highest BCUT2D eigenvalue weighted by Gasteiger charge is 2.31. The van der Waals surface area contributed by atoms with E-state index in [1.165, 1.54) is 16.9 Å². The third-order valence-electron chi connectivity index (χ3n) is 5.24. The highest BCUT2D eigenvalue weighted by atomic mass is 32.1. The van der Waals surface area contributed by atoms with Crippen molar-refractivity contribution in [3.05, 3.63) is 75.3 Å². The number of rotatable bonds is 5. The first-order valence-corrected chi connectivity index (χ1v) is 11.5. The van der Waals surface area contributed by atoms with Crippen LogP contribution in [0.3, 0.4) is 0 Å². The van der Waals surface area contributed by atoms with Gasteiger partial charge in [-0.25, -0.2) is 4.98 Å². The molecule has 32 heavy (non-hydrogen) atoms. The van der Waals surface area contributed by atoms with Crippen LogP contribution >= 0.6 is 11.3 Å². The molecule has 0 aliphatic carbocycles. The van der Waals surface area contributed by atoms with Gasteiger partial charge in [-0.3, -0.25) is 5.41 Å². The van der Waals surface area contributed by atoms with Crippen molar-refractivity contribution in [2.24, 2.45) is 0 Å². The average molecular weight is 448 g/mol. The predicted octanol–water partition coefficient (Wildman–Crippen LogP) is 6.37. The Labute approximate surface area is 193 Å². The molecule has 0 unspecified atom stereocenters. The van der Waals surface area contributed by atoms with Crippen LogP contribution in [-0.4, -0.2) is 33.0 Å². The summed E-state index contributed by atoms with van der Waals surface area (Å²) in [5.41, 5.74) is 4.51. The first-order chi connectivity index (χ1) is 15.1. The van der Waals surface area contributed by atoms with Crippen LogP contribution in [0.25, 0.3) is 16.8 Å². The molecular weight excluding hydrogens is 418 g/mol. The molecule has 4 rings (SSSR count). The van der Waals surface area contributed by atoms with Crippen molar-refractivity contribution >= 4 is 22.7 Å². The molecule has 0 radical (unpaired) electrons. The van der Waals surface area contributed by atoms with Gasteiger partial charge in [-0.1, -0.05) is 42.0 Å². The lowest BCUT2D eigenvalue weighted by molar-refractivity contribution is 0.131. The van der Waals surface area contributed by atoms with Gasteiger partial charge in [0.25, 0.3) is 0 Å². The number of aliphatic hydroxyl groups excluding tert-OH is 1. The van der Waals surface area contributed by atoms with Gasteiger partial charge >= 0.3 is 0 Å². The van der Waals surface area contributed by atoms with Gasteiger partial charge in [0.15, 0.2) is 0 Å². The average Bonchev–Trinajstić information content (AvgIpc) is 3.22. The zero-order chi connectivity index (χ0) is 23.0. The summed E-state index contributed by atoms with van der Waals surface area (Å²) in [6.45, 7) is 11.0. The number of ether oxygens (including phenoxy) is 1. The lowest BCUT2D eigenvalue weighted by Gasteiger charge is -2.22. The molecule has 1 aliphatic heterocycles. The molecule has 0 saturated carbocycles. The fraction of sp³-hybridized carbons (Fsp3) is 0.308. The maximum absolute atomic E-state index is 10.7. The number of amidine groups is 1. The van der Waals surface area contributed by atoms with E-state index in [-0.39, 0.29) is 11.4 Å². The number of nitrogens with zero attached hydrogens (tertiary/aromatic N) is 2. The van der Waals surface area contributed by atoms with E-state index >= 15 is 0 Å². The first kappa shape index (κ1) is 22.1. The van der Waals surface area contributed by atoms with Crippen LogP contribution in [0.4, 0.5) is 0 Å². The van der Waals surface area contributed by atoms with E-state index in [1.54, 1.807) is 0 Å². The summed E-state index contributed by atoms with van der Waals surface area (Å²) in [5, 5.41) is 20.1. The van der Waals surface area contributed by atoms with Crippen molar-refractivity contribution in [1.82, 2.24) is 9.88 Å². The van der Waals surface area contributed by atoms with Gasteiger partial charge in [-0.2, -0.15) is 0 Å². The van der Waals surface area contributed by atoms with Gasteiger partial charge in [-0.15, -0.1) is 11.3 Å². The molecule has 1 aromatic heterocycles. The highest BCUT2D eigenvalue weighted by Crippen LogP contribution is 2.35. The lowest BCUT2D eigenvalue weighted by atomic mass is 10.1. The van der Waals surface area contributed by atoms with Gasteiger partial charge in [-0.05, 0) is 52.3 Å². The summed E-state index contributed by atoms with van der Waals surface area (Å²) in [6.07, 6.45) is 0. The Bertz CT molecular complexity index is 1170. The number of aryl methyl sites for hydroxylation is 2. The van der Waals surface area contributed by atoms with E-state index in [9.17, 15) is 5.11 Å². The molecular formula is C26H29N3O2S. The monoisotopic (exact) mass is 447 g/mol. The molecule has 2 heterocycles. The Morgan fingerprint density at radius 1 is 1.06 bits per heavy atom. The predicted molar refractivity (Wildman–Crippen MR) is 132 cm³/mol. The second-order valence-corrected chi connectivity index (χ2v) is 10.4. The fourth-order valence-electron chi connectivity index (χ4n) is 3.71. The Morgan fingerprint density at radius 2 is 1.72 bits per heavy atom. The van der Waals surface area contributed by atoms with E-state index in [2.05, 4.69) is 31.2 Å². The molecule has 5 nitrogen and oxygen atoms in total. The first-order valence-electron chi connectivity index (χ1n) is 10.7. The van der Waals surface area contributed by atoms with E-state index in [4.69, 9.17) is 15.1 Å². The summed E-state index contributed by atoms with van der Waals surface area (Å²) in [6, 6.07) is 16.2. The lowest BCUT2D eigenvalue weighted by Crippen LogP contribution is -2.26. The van der Waals surface area contributed by atoms with Gasteiger partial charge in [0.2, 0.25) is 0 Å². The number of hydrogen-bond donors (Lipinski definition) is 2. The fourth-order valence-corrected chi connectivity index (χ4v) is 4.72. The van der Waals surface area contributed by atoms with Gasteiger partial charge in [0.05, 0.1) is 17.8 Å². The van der Waals surface area contributed by atoms with Crippen LogP contribution in [-0.2, 0) is 6.54 Å². The number of benzene rings is 2. The topological polar surface area (TPSA) is 69.4 Å². The van der Waals surface area contributed by atoms with Gasteiger partial charge in [0, 0.05) is 17.0 Å². The van der Waals surface area contributed by atoms with Crippen LogP contribution in [0, 0.1) is 19.3 Å². The summed E-state index contributed by atoms with van der Waals surface area (Å²) in [7, 11) is 0. The van der Waals surface area contributed by atoms with Crippen molar-refractivity contribution in [3.8, 4) is 17.0 Å². The second kappa shape index (κ2) is 8.43. The summed E-state index contributed by atoms with van der Waals surface area (Å²) < 4.78 is 5.89. The SMILES string of the molecule is Cc1ccc(-c2nc(C3=C(O)CN(Cc4ccc(OC(C)(C)C)cc4)C3=N)sc2C)cc1. The van der Waals surface area contributed by atoms with Crippen LogP contribution in [0.2, 0.25) is 0 Å². The van der Waals surface area contributed by atoms with Crippen molar-refractivity contribution in [1.29, 1.82) is 5.41 Å². The van der Waals surface area contributed by atoms with E-state index in [1.807, 2.05) is 56.9 Å². The molecule has 2 aromatic carbocycles. The van der Waals surface area contributed by atoms with Gasteiger partial charge < -0.3 is 14.7 Å². The zero-order valence-corrected chi connectivity index (χ0v) is 20.0. The van der Waals surface area contributed by atoms with Crippen LogP contribution in [0.1, 0.15) is 41.8 Å². The number of aromatic nitrogens is 1. The number of nitrogens with one attached hydrogen (secondary N) is 1. The van der Waals surface area contributed by atoms with E-state index < -0.39 is 0 Å². The van der Waals surface area contributed by atoms with Crippen LogP contribution in [0.15, 0.2) is 54.3 Å². The molecule has 0 spiro atoms. The number of thiazole rings is 1. The van der Waals surface area contributed by atoms with Crippen molar-refractivity contribution in [3.63, 3.8) is 0 Å². The maximum Gasteiger partial charge on any atom is 0.135 e. The molecule has 0 fully saturated rings. The Morgan fingerprint density at radius 3 is 2.34 bits per heavy atom. The maximum atomic E-state index is 10.7. The molecule has 3 aromatic rings. The molecule has 0 bridgehead atoms. The summed E-state index contributed by atoms with van der Waals surface area (Å²) in [4.78, 5) is 7.74. The van der Waals surface area contributed by atoms with E-state index in [0.717, 1.165) is 27.4 Å². The quantitative estimate of drug-likeness (QED) is 0.477. The molecule has 1 aliphatic rings. The summed E-state index contributed by atoms with van der Waals surface area (Å²) in [5.74, 6) is 1.33. The third kappa shape index (κ3) is 4.70. The largest absolute Gasteiger partial charge is 0.510 e. The van der Waals surface area contributed by atoms with Crippen molar-refractivity contribution in [2.75, 3.05) is 6.54 Å². The Kier molecular flexibility index (Phi) is 5.82. The molecule has 0 amide bonds. The van der Waals surface area contributed by atoms with Crippen LogP contribution < -0.4 is 4.74 Å². The molecule has 2 N–H and O–H groups in total. The van der Waals surface area contributed by atoms with E-state index in [0.29, 0.717) is 29.5 Å². The number of aliphatic hydroxyl groups is 1.